The van der Waals surface area contributed by atoms with E-state index in [2.05, 4.69) is 13.2 Å². The number of alkyl halides is 1. The van der Waals surface area contributed by atoms with E-state index in [1.165, 1.54) is 20.8 Å². The van der Waals surface area contributed by atoms with Gasteiger partial charge >= 0.3 is 23.9 Å². The third-order valence-electron chi connectivity index (χ3n) is 8.51. The summed E-state index contributed by atoms with van der Waals surface area (Å²) in [5.74, 6) is -6.65. The van der Waals surface area contributed by atoms with E-state index in [4.69, 9.17) is 35.3 Å². The molecule has 204 valence electrons. The molecule has 0 aromatic carbocycles. The maximum Gasteiger partial charge on any atom is 0.312 e. The topological polar surface area (TPSA) is 135 Å². The molecule has 1 spiro atoms. The first-order valence-electron chi connectivity index (χ1n) is 12.2. The molecule has 0 aromatic rings. The fraction of sp³-hybridized carbons (Fsp3) is 0.692. The Labute approximate surface area is 220 Å². The smallest absolute Gasteiger partial charge is 0.312 e. The van der Waals surface area contributed by atoms with E-state index in [0.717, 1.165) is 0 Å². The molecule has 37 heavy (non-hydrogen) atoms. The van der Waals surface area contributed by atoms with Gasteiger partial charge in [0.1, 0.15) is 18.3 Å². The third-order valence-corrected chi connectivity index (χ3v) is 9.00. The number of carbonyl (C=O) groups is 4. The van der Waals surface area contributed by atoms with Crippen molar-refractivity contribution in [2.45, 2.75) is 95.1 Å². The second-order valence-electron chi connectivity index (χ2n) is 10.7. The highest BCUT2D eigenvalue weighted by Gasteiger charge is 2.76. The average molecular weight is 541 g/mol. The first-order chi connectivity index (χ1) is 17.1. The maximum absolute atomic E-state index is 13.0. The van der Waals surface area contributed by atoms with Crippen LogP contribution in [0.2, 0.25) is 0 Å². The number of hydrogen-bond donors (Lipinski definition) is 1. The number of rotatable bonds is 3. The number of fused-ring (bicyclic) bond motifs is 2. The highest BCUT2D eigenvalue weighted by molar-refractivity contribution is 6.23. The van der Waals surface area contributed by atoms with Gasteiger partial charge in [0.25, 0.3) is 0 Å². The average Bonchev–Trinajstić information content (AvgIpc) is 3.03. The van der Waals surface area contributed by atoms with Crippen molar-refractivity contribution in [3.05, 3.63) is 24.3 Å². The van der Waals surface area contributed by atoms with E-state index in [0.29, 0.717) is 18.4 Å². The van der Waals surface area contributed by atoms with Crippen molar-refractivity contribution in [2.24, 2.45) is 17.3 Å². The van der Waals surface area contributed by atoms with Crippen molar-refractivity contribution < 1.29 is 48.0 Å². The van der Waals surface area contributed by atoms with Crippen molar-refractivity contribution in [2.75, 3.05) is 0 Å². The lowest BCUT2D eigenvalue weighted by Gasteiger charge is -2.62. The molecule has 10 atom stereocenters. The van der Waals surface area contributed by atoms with Gasteiger partial charge in [-0.2, -0.15) is 0 Å². The van der Waals surface area contributed by atoms with Crippen LogP contribution in [0.15, 0.2) is 24.3 Å². The zero-order chi connectivity index (χ0) is 27.7. The van der Waals surface area contributed by atoms with Gasteiger partial charge in [-0.25, -0.2) is 0 Å². The fourth-order valence-electron chi connectivity index (χ4n) is 6.78. The Kier molecular flexibility index (Phi) is 6.79. The van der Waals surface area contributed by atoms with E-state index in [1.807, 2.05) is 0 Å². The quantitative estimate of drug-likeness (QED) is 0.246. The summed E-state index contributed by atoms with van der Waals surface area (Å²) in [6.07, 6.45) is -4.01. The molecule has 1 unspecified atom stereocenters. The van der Waals surface area contributed by atoms with Crippen molar-refractivity contribution in [1.82, 2.24) is 0 Å². The third kappa shape index (κ3) is 3.99. The SMILES string of the molecule is C=C1CC[C@H](OC(C)=O)[C@]2(C)[C@@H](OC(C)=O)C[C@@]3(O)O[C@]4(C(C)C(=O)O[C@H]4[C@@H](Cl)C3=C)[C@@H](OC(C)=O)[C@@H]12. The molecule has 3 aliphatic heterocycles. The lowest BCUT2D eigenvalue weighted by atomic mass is 9.53. The zero-order valence-corrected chi connectivity index (χ0v) is 22.3. The van der Waals surface area contributed by atoms with Crippen LogP contribution >= 0.6 is 11.6 Å². The number of aliphatic hydroxyl groups is 1. The molecule has 4 rings (SSSR count). The molecule has 1 saturated carbocycles. The van der Waals surface area contributed by atoms with Gasteiger partial charge in [-0.1, -0.05) is 25.7 Å². The molecule has 4 fully saturated rings. The molecule has 3 heterocycles. The van der Waals surface area contributed by atoms with Gasteiger partial charge in [0.15, 0.2) is 17.5 Å². The minimum Gasteiger partial charge on any atom is -0.462 e. The highest BCUT2D eigenvalue weighted by Crippen LogP contribution is 2.62. The predicted molar refractivity (Wildman–Crippen MR) is 128 cm³/mol. The van der Waals surface area contributed by atoms with Gasteiger partial charge in [-0.05, 0) is 19.8 Å². The summed E-state index contributed by atoms with van der Waals surface area (Å²) in [4.78, 5) is 50.0. The second kappa shape index (κ2) is 9.10. The monoisotopic (exact) mass is 540 g/mol. The van der Waals surface area contributed by atoms with E-state index in [9.17, 15) is 24.3 Å². The minimum atomic E-state index is -2.21. The Morgan fingerprint density at radius 1 is 1.05 bits per heavy atom. The second-order valence-corrected chi connectivity index (χ2v) is 11.2. The summed E-state index contributed by atoms with van der Waals surface area (Å²) in [6, 6.07) is 0. The lowest BCUT2D eigenvalue weighted by Crippen LogP contribution is -2.75. The molecule has 0 aromatic heterocycles. The number of halogens is 1. The number of ether oxygens (including phenoxy) is 5. The van der Waals surface area contributed by atoms with Crippen molar-refractivity contribution >= 4 is 35.5 Å². The molecule has 1 aliphatic carbocycles. The van der Waals surface area contributed by atoms with Gasteiger partial charge in [-0.3, -0.25) is 19.2 Å². The summed E-state index contributed by atoms with van der Waals surface area (Å²) in [5.41, 5.74) is -2.42. The molecular weight excluding hydrogens is 508 g/mol. The van der Waals surface area contributed by atoms with Crippen LogP contribution in [-0.2, 0) is 42.9 Å². The van der Waals surface area contributed by atoms with Crippen LogP contribution in [0.3, 0.4) is 0 Å². The Morgan fingerprint density at radius 3 is 2.19 bits per heavy atom. The van der Waals surface area contributed by atoms with Crippen molar-refractivity contribution in [1.29, 1.82) is 0 Å². The van der Waals surface area contributed by atoms with Crippen LogP contribution in [0.25, 0.3) is 0 Å². The van der Waals surface area contributed by atoms with Crippen LogP contribution in [0.1, 0.15) is 53.9 Å². The first kappa shape index (κ1) is 27.6. The fourth-order valence-corrected chi connectivity index (χ4v) is 7.20. The molecule has 11 heteroatoms. The van der Waals surface area contributed by atoms with Crippen LogP contribution in [-0.4, -0.2) is 70.2 Å². The Hall–Kier alpha value is -2.43. The first-order valence-corrected chi connectivity index (χ1v) is 12.7. The Morgan fingerprint density at radius 2 is 1.62 bits per heavy atom. The van der Waals surface area contributed by atoms with Crippen molar-refractivity contribution in [3.8, 4) is 0 Å². The van der Waals surface area contributed by atoms with E-state index < -0.39 is 82.3 Å². The summed E-state index contributed by atoms with van der Waals surface area (Å²) in [6.45, 7) is 15.1. The van der Waals surface area contributed by atoms with E-state index >= 15 is 0 Å². The largest absolute Gasteiger partial charge is 0.462 e. The van der Waals surface area contributed by atoms with Crippen LogP contribution in [0.4, 0.5) is 0 Å². The number of esters is 4. The van der Waals surface area contributed by atoms with E-state index in [1.54, 1.807) is 13.8 Å². The van der Waals surface area contributed by atoms with Gasteiger partial charge in [0, 0.05) is 38.7 Å². The number of hydrogen-bond acceptors (Lipinski definition) is 10. The molecule has 4 aliphatic rings. The molecule has 1 N–H and O–H groups in total. The maximum atomic E-state index is 13.0. The summed E-state index contributed by atoms with van der Waals surface area (Å²) >= 11 is 6.75. The standard InChI is InChI=1S/C26H33ClO10/c1-11-8-9-17(33-14(4)28)24(7)18(34-15(5)29)10-25(32)12(2)20(27)22-26(37-25,13(3)23(31)36-22)21(19(11)24)35-16(6)30/h13,17-22,32H,1-2,8-10H2,3-7H3/t13?,17-,18-,19+,20-,21-,22-,24+,25+,26+/m0/s1. The van der Waals surface area contributed by atoms with Crippen LogP contribution in [0.5, 0.6) is 0 Å². The molecule has 0 radical (unpaired) electrons. The predicted octanol–water partition coefficient (Wildman–Crippen LogP) is 2.34. The normalized spacial score (nSPS) is 44.9. The lowest BCUT2D eigenvalue weighted by molar-refractivity contribution is -0.344. The van der Waals surface area contributed by atoms with E-state index in [-0.39, 0.29) is 12.0 Å². The van der Waals surface area contributed by atoms with Crippen LogP contribution < -0.4 is 0 Å². The molecule has 0 amide bonds. The van der Waals surface area contributed by atoms with Gasteiger partial charge in [0.05, 0.1) is 16.7 Å². The number of carbonyl (C=O) groups excluding carboxylic acids is 4. The van der Waals surface area contributed by atoms with Crippen molar-refractivity contribution in [3.63, 3.8) is 0 Å². The summed E-state index contributed by atoms with van der Waals surface area (Å²) in [5, 5.41) is 10.8. The molecule has 3 saturated heterocycles. The Balaban J connectivity index is 2.06. The molecule has 2 bridgehead atoms. The van der Waals surface area contributed by atoms with Crippen LogP contribution in [0, 0.1) is 17.3 Å². The highest BCUT2D eigenvalue weighted by atomic mass is 35.5. The summed E-state index contributed by atoms with van der Waals surface area (Å²) in [7, 11) is 0. The Bertz CT molecular complexity index is 1070. The van der Waals surface area contributed by atoms with Gasteiger partial charge in [-0.15, -0.1) is 11.6 Å². The summed E-state index contributed by atoms with van der Waals surface area (Å²) < 4.78 is 29.5. The van der Waals surface area contributed by atoms with Gasteiger partial charge in [0.2, 0.25) is 0 Å². The molecular formula is C26H33ClO10. The minimum absolute atomic E-state index is 0.00357. The molecule has 10 nitrogen and oxygen atoms in total. The van der Waals surface area contributed by atoms with Gasteiger partial charge < -0.3 is 28.8 Å². The zero-order valence-electron chi connectivity index (χ0n) is 21.6.